The minimum atomic E-state index is -0.821. The molecule has 136 valence electrons. The second-order valence-corrected chi connectivity index (χ2v) is 4.97. The summed E-state index contributed by atoms with van der Waals surface area (Å²) in [4.78, 5) is 49.5. The quantitative estimate of drug-likeness (QED) is 0.496. The zero-order valence-electron chi connectivity index (χ0n) is 14.4. The van der Waals surface area contributed by atoms with E-state index in [1.165, 1.54) is 6.08 Å². The molecule has 0 fully saturated rings. The number of urea groups is 1. The maximum absolute atomic E-state index is 12.1. The molecule has 0 aromatic carbocycles. The van der Waals surface area contributed by atoms with Crippen LogP contribution < -0.4 is 10.6 Å². The number of amides is 3. The Morgan fingerprint density at radius 2 is 1.84 bits per heavy atom. The number of aryl methyl sites for hydroxylation is 1. The Morgan fingerprint density at radius 3 is 2.44 bits per heavy atom. The minimum Gasteiger partial charge on any atom is -0.462 e. The van der Waals surface area contributed by atoms with Crippen LogP contribution in [-0.2, 0) is 14.3 Å². The predicted octanol–water partition coefficient (Wildman–Crippen LogP) is 0.977. The Labute approximate surface area is 144 Å². The highest BCUT2D eigenvalue weighted by Crippen LogP contribution is 2.19. The van der Waals surface area contributed by atoms with E-state index in [2.05, 4.69) is 16.9 Å². The summed E-state index contributed by atoms with van der Waals surface area (Å²) in [6.07, 6.45) is 1.45. The average molecular weight is 351 g/mol. The number of H-pyrrole nitrogens is 1. The SMILES string of the molecule is C=CCNC(=O)NC(=O)COC(=O)c1[nH]c(C)c(C(=O)OCC)c1C. The van der Waals surface area contributed by atoms with Gasteiger partial charge in [-0.1, -0.05) is 6.08 Å². The number of ether oxygens (including phenoxy) is 2. The maximum Gasteiger partial charge on any atom is 0.355 e. The number of aromatic nitrogens is 1. The molecule has 1 rings (SSSR count). The van der Waals surface area contributed by atoms with Crippen molar-refractivity contribution in [1.29, 1.82) is 0 Å². The van der Waals surface area contributed by atoms with E-state index in [1.54, 1.807) is 20.8 Å². The molecule has 0 radical (unpaired) electrons. The number of rotatable bonds is 7. The van der Waals surface area contributed by atoms with Gasteiger partial charge in [-0.2, -0.15) is 0 Å². The first-order valence-electron chi connectivity index (χ1n) is 7.53. The lowest BCUT2D eigenvalue weighted by Gasteiger charge is -2.06. The van der Waals surface area contributed by atoms with Crippen molar-refractivity contribution < 1.29 is 28.7 Å². The van der Waals surface area contributed by atoms with Crippen molar-refractivity contribution in [3.63, 3.8) is 0 Å². The summed E-state index contributed by atoms with van der Waals surface area (Å²) in [7, 11) is 0. The maximum atomic E-state index is 12.1. The largest absolute Gasteiger partial charge is 0.462 e. The molecule has 1 aromatic rings. The summed E-state index contributed by atoms with van der Waals surface area (Å²) in [5.41, 5.74) is 1.12. The first-order valence-corrected chi connectivity index (χ1v) is 7.53. The van der Waals surface area contributed by atoms with Gasteiger partial charge in [-0.3, -0.25) is 10.1 Å². The van der Waals surface area contributed by atoms with Crippen LogP contribution in [0.4, 0.5) is 4.79 Å². The van der Waals surface area contributed by atoms with E-state index in [0.29, 0.717) is 11.3 Å². The second kappa shape index (κ2) is 9.26. The lowest BCUT2D eigenvalue weighted by molar-refractivity contribution is -0.123. The topological polar surface area (TPSA) is 127 Å². The van der Waals surface area contributed by atoms with Gasteiger partial charge in [0.2, 0.25) is 0 Å². The van der Waals surface area contributed by atoms with Crippen molar-refractivity contribution in [3.8, 4) is 0 Å². The Hall–Kier alpha value is -3.10. The number of hydrogen-bond donors (Lipinski definition) is 3. The zero-order valence-corrected chi connectivity index (χ0v) is 14.4. The Morgan fingerprint density at radius 1 is 1.16 bits per heavy atom. The van der Waals surface area contributed by atoms with Gasteiger partial charge in [-0.25, -0.2) is 14.4 Å². The van der Waals surface area contributed by atoms with Crippen LogP contribution in [0.2, 0.25) is 0 Å². The van der Waals surface area contributed by atoms with Gasteiger partial charge in [0, 0.05) is 12.2 Å². The van der Waals surface area contributed by atoms with E-state index in [4.69, 9.17) is 9.47 Å². The van der Waals surface area contributed by atoms with Crippen molar-refractivity contribution in [2.75, 3.05) is 19.8 Å². The summed E-state index contributed by atoms with van der Waals surface area (Å²) < 4.78 is 9.78. The van der Waals surface area contributed by atoms with E-state index >= 15 is 0 Å². The summed E-state index contributed by atoms with van der Waals surface area (Å²) >= 11 is 0. The van der Waals surface area contributed by atoms with Gasteiger partial charge in [0.1, 0.15) is 5.69 Å². The first-order chi connectivity index (χ1) is 11.8. The lowest BCUT2D eigenvalue weighted by Crippen LogP contribution is -2.41. The fraction of sp³-hybridized carbons (Fsp3) is 0.375. The molecule has 9 heteroatoms. The highest BCUT2D eigenvalue weighted by atomic mass is 16.5. The van der Waals surface area contributed by atoms with Crippen LogP contribution in [0, 0.1) is 13.8 Å². The smallest absolute Gasteiger partial charge is 0.355 e. The molecule has 0 spiro atoms. The molecular weight excluding hydrogens is 330 g/mol. The van der Waals surface area contributed by atoms with Gasteiger partial charge < -0.3 is 19.8 Å². The normalized spacial score (nSPS) is 9.88. The number of aromatic amines is 1. The fourth-order valence-corrected chi connectivity index (χ4v) is 2.04. The molecule has 0 saturated carbocycles. The van der Waals surface area contributed by atoms with Gasteiger partial charge in [0.05, 0.1) is 12.2 Å². The molecular formula is C16H21N3O6. The molecule has 0 atom stereocenters. The number of nitrogens with one attached hydrogen (secondary N) is 3. The van der Waals surface area contributed by atoms with E-state index in [0.717, 1.165) is 0 Å². The molecule has 0 aliphatic heterocycles. The number of esters is 2. The average Bonchev–Trinajstić information content (AvgIpc) is 2.85. The van der Waals surface area contributed by atoms with Crippen LogP contribution in [0.5, 0.6) is 0 Å². The Balaban J connectivity index is 2.68. The van der Waals surface area contributed by atoms with Gasteiger partial charge in [0.25, 0.3) is 5.91 Å². The molecule has 25 heavy (non-hydrogen) atoms. The third kappa shape index (κ3) is 5.48. The molecule has 1 heterocycles. The van der Waals surface area contributed by atoms with Crippen LogP contribution in [0.25, 0.3) is 0 Å². The number of carbonyl (C=O) groups is 4. The molecule has 0 aliphatic rings. The summed E-state index contributed by atoms with van der Waals surface area (Å²) in [5.74, 6) is -2.16. The van der Waals surface area contributed by atoms with E-state index in [1.807, 2.05) is 5.32 Å². The molecule has 0 saturated heterocycles. The standard InChI is InChI=1S/C16H21N3O6/c1-5-7-17-16(23)19-11(20)8-25-15(22)13-9(3)12(10(4)18-13)14(21)24-6-2/h5,18H,1,6-8H2,2-4H3,(H2,17,19,20,23). The van der Waals surface area contributed by atoms with Gasteiger partial charge in [0.15, 0.2) is 6.61 Å². The predicted molar refractivity (Wildman–Crippen MR) is 88.2 cm³/mol. The highest BCUT2D eigenvalue weighted by molar-refractivity contribution is 6.00. The lowest BCUT2D eigenvalue weighted by atomic mass is 10.1. The van der Waals surface area contributed by atoms with Crippen LogP contribution >= 0.6 is 0 Å². The van der Waals surface area contributed by atoms with E-state index in [9.17, 15) is 19.2 Å². The van der Waals surface area contributed by atoms with Gasteiger partial charge >= 0.3 is 18.0 Å². The van der Waals surface area contributed by atoms with Crippen LogP contribution in [0.15, 0.2) is 12.7 Å². The summed E-state index contributed by atoms with van der Waals surface area (Å²) in [6.45, 7) is 8.02. The van der Waals surface area contributed by atoms with Crippen molar-refractivity contribution in [3.05, 3.63) is 35.2 Å². The third-order valence-corrected chi connectivity index (χ3v) is 3.12. The van der Waals surface area contributed by atoms with Crippen LogP contribution in [0.3, 0.4) is 0 Å². The first kappa shape index (κ1) is 19.9. The Bertz CT molecular complexity index is 692. The monoisotopic (exact) mass is 351 g/mol. The third-order valence-electron chi connectivity index (χ3n) is 3.12. The molecule has 0 bridgehead atoms. The molecule has 1 aromatic heterocycles. The van der Waals surface area contributed by atoms with Crippen LogP contribution in [-0.4, -0.2) is 48.6 Å². The molecule has 3 N–H and O–H groups in total. The van der Waals surface area contributed by atoms with E-state index in [-0.39, 0.29) is 24.4 Å². The zero-order chi connectivity index (χ0) is 19.0. The van der Waals surface area contributed by atoms with E-state index < -0.39 is 30.5 Å². The molecule has 0 aliphatic carbocycles. The molecule has 0 unspecified atom stereocenters. The van der Waals surface area contributed by atoms with Gasteiger partial charge in [-0.15, -0.1) is 6.58 Å². The van der Waals surface area contributed by atoms with Gasteiger partial charge in [-0.05, 0) is 26.3 Å². The molecule has 3 amide bonds. The van der Waals surface area contributed by atoms with Crippen molar-refractivity contribution in [1.82, 2.24) is 15.6 Å². The highest BCUT2D eigenvalue weighted by Gasteiger charge is 2.24. The Kier molecular flexibility index (Phi) is 7.39. The van der Waals surface area contributed by atoms with Crippen molar-refractivity contribution >= 4 is 23.9 Å². The molecule has 9 nitrogen and oxygen atoms in total. The van der Waals surface area contributed by atoms with Crippen molar-refractivity contribution in [2.45, 2.75) is 20.8 Å². The number of hydrogen-bond acceptors (Lipinski definition) is 6. The van der Waals surface area contributed by atoms with Crippen LogP contribution in [0.1, 0.15) is 39.0 Å². The minimum absolute atomic E-state index is 0.0458. The van der Waals surface area contributed by atoms with Crippen molar-refractivity contribution in [2.24, 2.45) is 0 Å². The summed E-state index contributed by atoms with van der Waals surface area (Å²) in [6, 6.07) is -0.725. The summed E-state index contributed by atoms with van der Waals surface area (Å²) in [5, 5.41) is 4.33. The fourth-order valence-electron chi connectivity index (χ4n) is 2.04. The second-order valence-electron chi connectivity index (χ2n) is 4.97. The number of imide groups is 1. The number of carbonyl (C=O) groups excluding carboxylic acids is 4.